The van der Waals surface area contributed by atoms with Crippen molar-refractivity contribution in [1.82, 2.24) is 10.2 Å². The lowest BCUT2D eigenvalue weighted by Gasteiger charge is -2.55. The van der Waals surface area contributed by atoms with Gasteiger partial charge in [0.25, 0.3) is 0 Å². The zero-order valence-electron chi connectivity index (χ0n) is 17.1. The van der Waals surface area contributed by atoms with Crippen molar-refractivity contribution in [2.24, 2.45) is 23.2 Å². The van der Waals surface area contributed by atoms with Crippen LogP contribution in [0.1, 0.15) is 44.1 Å². The van der Waals surface area contributed by atoms with Gasteiger partial charge in [0.1, 0.15) is 12.4 Å². The van der Waals surface area contributed by atoms with Crippen molar-refractivity contribution in [2.45, 2.75) is 45.4 Å². The molecular formula is C23H32N2O3. The molecule has 4 fully saturated rings. The van der Waals surface area contributed by atoms with E-state index in [0.717, 1.165) is 48.3 Å². The molecule has 0 atom stereocenters. The zero-order chi connectivity index (χ0) is 19.7. The van der Waals surface area contributed by atoms with Gasteiger partial charge in [-0.25, -0.2) is 0 Å². The third kappa shape index (κ3) is 3.89. The van der Waals surface area contributed by atoms with Gasteiger partial charge in [-0.2, -0.15) is 0 Å². The third-order valence-corrected chi connectivity index (χ3v) is 7.12. The molecule has 152 valence electrons. The minimum absolute atomic E-state index is 0.0635. The summed E-state index contributed by atoms with van der Waals surface area (Å²) in [6.07, 6.45) is 7.02. The normalized spacial score (nSPS) is 30.1. The van der Waals surface area contributed by atoms with Gasteiger partial charge >= 0.3 is 0 Å². The van der Waals surface area contributed by atoms with Crippen LogP contribution in [-0.2, 0) is 9.59 Å². The summed E-state index contributed by atoms with van der Waals surface area (Å²) < 4.78 is 5.77. The number of nitrogens with zero attached hydrogens (tertiary/aromatic N) is 1. The fourth-order valence-electron chi connectivity index (χ4n) is 6.00. The molecule has 5 heteroatoms. The Bertz CT molecular complexity index is 710. The summed E-state index contributed by atoms with van der Waals surface area (Å²) in [5.74, 6) is 3.09. The van der Waals surface area contributed by atoms with Gasteiger partial charge in [-0.3, -0.25) is 9.59 Å². The Hall–Kier alpha value is -2.04. The van der Waals surface area contributed by atoms with Crippen LogP contribution < -0.4 is 10.1 Å². The van der Waals surface area contributed by atoms with Crippen molar-refractivity contribution in [3.8, 4) is 5.75 Å². The van der Waals surface area contributed by atoms with E-state index in [1.165, 1.54) is 19.3 Å². The largest absolute Gasteiger partial charge is 0.491 e. The maximum absolute atomic E-state index is 13.0. The lowest BCUT2D eigenvalue weighted by atomic mass is 9.49. The first kappa shape index (κ1) is 19.3. The molecule has 0 radical (unpaired) electrons. The van der Waals surface area contributed by atoms with E-state index < -0.39 is 0 Å². The second kappa shape index (κ2) is 7.76. The summed E-state index contributed by atoms with van der Waals surface area (Å²) >= 11 is 0. The van der Waals surface area contributed by atoms with Gasteiger partial charge < -0.3 is 15.0 Å². The van der Waals surface area contributed by atoms with Gasteiger partial charge in [-0.15, -0.1) is 0 Å². The Morgan fingerprint density at radius 2 is 1.71 bits per heavy atom. The Labute approximate surface area is 167 Å². The van der Waals surface area contributed by atoms with Crippen molar-refractivity contribution in [3.63, 3.8) is 0 Å². The second-order valence-corrected chi connectivity index (χ2v) is 9.31. The molecule has 0 unspecified atom stereocenters. The van der Waals surface area contributed by atoms with Crippen LogP contribution in [0.5, 0.6) is 5.75 Å². The number of carbonyl (C=O) groups excluding carboxylic acids is 2. The first-order chi connectivity index (χ1) is 13.4. The number of hydrogen-bond acceptors (Lipinski definition) is 3. The number of hydrogen-bond donors (Lipinski definition) is 1. The standard InChI is InChI=1S/C23H32N2O3/c1-16-5-3-4-6-20(16)28-8-7-25(2)21(26)15-24-22(27)23-12-17-9-18(13-23)11-19(10-17)14-23/h3-6,17-19H,7-15H2,1-2H3,(H,24,27). The van der Waals surface area contributed by atoms with Crippen molar-refractivity contribution < 1.29 is 14.3 Å². The maximum Gasteiger partial charge on any atom is 0.241 e. The van der Waals surface area contributed by atoms with Crippen molar-refractivity contribution in [2.75, 3.05) is 26.7 Å². The highest BCUT2D eigenvalue weighted by atomic mass is 16.5. The van der Waals surface area contributed by atoms with Crippen molar-refractivity contribution >= 4 is 11.8 Å². The van der Waals surface area contributed by atoms with Crippen LogP contribution in [0, 0.1) is 30.1 Å². The van der Waals surface area contributed by atoms with Crippen LogP contribution in [0.2, 0.25) is 0 Å². The number of para-hydroxylation sites is 1. The minimum Gasteiger partial charge on any atom is -0.491 e. The fourth-order valence-corrected chi connectivity index (χ4v) is 6.00. The molecule has 4 bridgehead atoms. The number of rotatable bonds is 7. The highest BCUT2D eigenvalue weighted by Gasteiger charge is 2.54. The molecule has 5 rings (SSSR count). The van der Waals surface area contributed by atoms with Crippen LogP contribution in [0.4, 0.5) is 0 Å². The molecule has 0 aromatic heterocycles. The van der Waals surface area contributed by atoms with Crippen molar-refractivity contribution in [3.05, 3.63) is 29.8 Å². The van der Waals surface area contributed by atoms with Crippen molar-refractivity contribution in [1.29, 1.82) is 0 Å². The summed E-state index contributed by atoms with van der Waals surface area (Å²) in [7, 11) is 1.76. The third-order valence-electron chi connectivity index (χ3n) is 7.12. The average molecular weight is 385 g/mol. The molecule has 1 aromatic carbocycles. The maximum atomic E-state index is 13.0. The first-order valence-corrected chi connectivity index (χ1v) is 10.7. The second-order valence-electron chi connectivity index (χ2n) is 9.31. The Kier molecular flexibility index (Phi) is 5.35. The number of carbonyl (C=O) groups is 2. The summed E-state index contributed by atoms with van der Waals surface area (Å²) in [6.45, 7) is 3.03. The van der Waals surface area contributed by atoms with Gasteiger partial charge in [-0.05, 0) is 74.8 Å². The van der Waals surface area contributed by atoms with Crippen LogP contribution in [0.3, 0.4) is 0 Å². The predicted molar refractivity (Wildman–Crippen MR) is 108 cm³/mol. The van der Waals surface area contributed by atoms with E-state index in [2.05, 4.69) is 5.32 Å². The van der Waals surface area contributed by atoms with Crippen LogP contribution in [-0.4, -0.2) is 43.5 Å². The van der Waals surface area contributed by atoms with Crippen LogP contribution >= 0.6 is 0 Å². The van der Waals surface area contributed by atoms with E-state index >= 15 is 0 Å². The SMILES string of the molecule is Cc1ccccc1OCCN(C)C(=O)CNC(=O)C12CC3CC(CC(C3)C1)C2. The molecule has 0 saturated heterocycles. The summed E-state index contributed by atoms with van der Waals surface area (Å²) in [6, 6.07) is 7.86. The zero-order valence-corrected chi connectivity index (χ0v) is 17.1. The average Bonchev–Trinajstić information content (AvgIpc) is 2.66. The number of benzene rings is 1. The lowest BCUT2D eigenvalue weighted by molar-refractivity contribution is -0.147. The summed E-state index contributed by atoms with van der Waals surface area (Å²) in [5.41, 5.74) is 0.890. The van der Waals surface area contributed by atoms with E-state index in [4.69, 9.17) is 4.74 Å². The molecule has 1 N–H and O–H groups in total. The number of likely N-dealkylation sites (N-methyl/N-ethyl adjacent to an activating group) is 1. The Balaban J connectivity index is 1.23. The van der Waals surface area contributed by atoms with Gasteiger partial charge in [0.15, 0.2) is 0 Å². The molecule has 28 heavy (non-hydrogen) atoms. The van der Waals surface area contributed by atoms with Gasteiger partial charge in [0, 0.05) is 12.5 Å². The molecular weight excluding hydrogens is 352 g/mol. The molecule has 5 nitrogen and oxygen atoms in total. The van der Waals surface area contributed by atoms with E-state index in [0.29, 0.717) is 13.2 Å². The number of aryl methyl sites for hydroxylation is 1. The van der Waals surface area contributed by atoms with E-state index in [9.17, 15) is 9.59 Å². The predicted octanol–water partition coefficient (Wildman–Crippen LogP) is 3.16. The Morgan fingerprint density at radius 1 is 1.11 bits per heavy atom. The van der Waals surface area contributed by atoms with Gasteiger partial charge in [0.2, 0.25) is 11.8 Å². The molecule has 4 aliphatic carbocycles. The van der Waals surface area contributed by atoms with Gasteiger partial charge in [-0.1, -0.05) is 18.2 Å². The number of nitrogens with one attached hydrogen (secondary N) is 1. The number of ether oxygens (including phenoxy) is 1. The highest BCUT2D eigenvalue weighted by Crippen LogP contribution is 2.60. The molecule has 0 heterocycles. The quantitative estimate of drug-likeness (QED) is 0.786. The minimum atomic E-state index is -0.193. The molecule has 0 aliphatic heterocycles. The summed E-state index contributed by atoms with van der Waals surface area (Å²) in [4.78, 5) is 27.0. The Morgan fingerprint density at radius 3 is 2.32 bits per heavy atom. The molecule has 4 aliphatic rings. The summed E-state index contributed by atoms with van der Waals surface area (Å²) in [5, 5.41) is 2.97. The lowest BCUT2D eigenvalue weighted by Crippen LogP contribution is -2.54. The van der Waals surface area contributed by atoms with E-state index in [1.54, 1.807) is 11.9 Å². The van der Waals surface area contributed by atoms with Crippen LogP contribution in [0.25, 0.3) is 0 Å². The monoisotopic (exact) mass is 384 g/mol. The highest BCUT2D eigenvalue weighted by molar-refractivity contribution is 5.88. The molecule has 4 saturated carbocycles. The van der Waals surface area contributed by atoms with Crippen LogP contribution in [0.15, 0.2) is 24.3 Å². The first-order valence-electron chi connectivity index (χ1n) is 10.7. The molecule has 0 spiro atoms. The van der Waals surface area contributed by atoms with E-state index in [-0.39, 0.29) is 23.8 Å². The molecule has 1 aromatic rings. The fraction of sp³-hybridized carbons (Fsp3) is 0.652. The topological polar surface area (TPSA) is 58.6 Å². The molecule has 2 amide bonds. The van der Waals surface area contributed by atoms with Gasteiger partial charge in [0.05, 0.1) is 13.1 Å². The van der Waals surface area contributed by atoms with E-state index in [1.807, 2.05) is 31.2 Å². The number of amides is 2. The smallest absolute Gasteiger partial charge is 0.241 e.